The molecule has 0 bridgehead atoms. The predicted octanol–water partition coefficient (Wildman–Crippen LogP) is 4.71. The van der Waals surface area contributed by atoms with Crippen LogP contribution in [0.1, 0.15) is 12.8 Å². The van der Waals surface area contributed by atoms with Gasteiger partial charge in [0, 0.05) is 13.7 Å². The molecule has 0 aromatic carbocycles. The van der Waals surface area contributed by atoms with Crippen molar-refractivity contribution >= 4 is 21.8 Å². The lowest BCUT2D eigenvalue weighted by Crippen LogP contribution is -2.11. The van der Waals surface area contributed by atoms with E-state index in [1.165, 1.54) is 12.8 Å². The summed E-state index contributed by atoms with van der Waals surface area (Å²) in [6, 6.07) is 0. The fourth-order valence-electron chi connectivity index (χ4n) is 0.962. The molecule has 1 atom stereocenters. The van der Waals surface area contributed by atoms with Gasteiger partial charge in [-0.05, 0) is 12.8 Å². The van der Waals surface area contributed by atoms with Gasteiger partial charge in [-0.25, -0.2) is 0 Å². The van der Waals surface area contributed by atoms with Gasteiger partial charge in [-0.15, -0.1) is 0 Å². The van der Waals surface area contributed by atoms with Gasteiger partial charge in [0.1, 0.15) is 0 Å². The average Bonchev–Trinajstić information content (AvgIpc) is 2.62. The fourth-order valence-corrected chi connectivity index (χ4v) is 0.962. The van der Waals surface area contributed by atoms with Crippen LogP contribution in [-0.2, 0) is 9.47 Å². The van der Waals surface area contributed by atoms with Crippen molar-refractivity contribution in [2.24, 2.45) is 0 Å². The number of halogens is 12. The maximum Gasteiger partial charge on any atom is 0.673 e. The largest absolute Gasteiger partial charge is 0.673 e. The zero-order valence-corrected chi connectivity index (χ0v) is 11.5. The molecule has 0 aromatic heterocycles. The fraction of sp³-hybridized carbons (Fsp3) is 1.00. The molecule has 0 aromatic rings. The summed E-state index contributed by atoms with van der Waals surface area (Å²) in [7, 11) is -16.3. The van der Waals surface area contributed by atoms with E-state index in [0.717, 1.165) is 13.2 Å². The summed E-state index contributed by atoms with van der Waals surface area (Å²) in [6.07, 6.45) is 2.77. The standard InChI is InChI=1S/C6H12O2.3BF4/c1-7-5-6-3-2-4-8-6;3*2-1(3,4)5/h6H,2-5H2,1H3;;;/q;3*-1. The van der Waals surface area contributed by atoms with Crippen LogP contribution in [-0.4, -0.2) is 48.2 Å². The van der Waals surface area contributed by atoms with Crippen LogP contribution in [0, 0.1) is 0 Å². The topological polar surface area (TPSA) is 18.5 Å². The van der Waals surface area contributed by atoms with Crippen molar-refractivity contribution in [1.82, 2.24) is 0 Å². The highest BCUT2D eigenvalue weighted by atomic mass is 19.5. The molecule has 0 amide bonds. The molecule has 1 rings (SSSR count). The molecule has 0 aliphatic carbocycles. The van der Waals surface area contributed by atoms with Gasteiger partial charge >= 0.3 is 21.8 Å². The molecule has 0 N–H and O–H groups in total. The third-order valence-electron chi connectivity index (χ3n) is 1.38. The van der Waals surface area contributed by atoms with Crippen molar-refractivity contribution in [3.63, 3.8) is 0 Å². The van der Waals surface area contributed by atoms with Crippen molar-refractivity contribution in [3.8, 4) is 0 Å². The normalized spacial score (nSPS) is 17.9. The minimum absolute atomic E-state index is 0.389. The molecule has 0 spiro atoms. The Balaban J connectivity index is -0.000000240. The van der Waals surface area contributed by atoms with Gasteiger partial charge in [0.25, 0.3) is 0 Å². The van der Waals surface area contributed by atoms with Crippen LogP contribution in [0.3, 0.4) is 0 Å². The molecule has 1 fully saturated rings. The van der Waals surface area contributed by atoms with Gasteiger partial charge in [0.05, 0.1) is 12.7 Å². The minimum Gasteiger partial charge on any atom is -0.418 e. The SMILES string of the molecule is COCC1CCCO1.F[B-](F)(F)F.F[B-](F)(F)F.F[B-](F)(F)F. The number of methoxy groups -OCH3 is 1. The number of hydrogen-bond donors (Lipinski definition) is 0. The first-order valence-corrected chi connectivity index (χ1v) is 5.66. The third kappa shape index (κ3) is 91.9. The summed E-state index contributed by atoms with van der Waals surface area (Å²) in [5, 5.41) is 0. The maximum atomic E-state index is 9.75. The number of hydrogen-bond acceptors (Lipinski definition) is 2. The smallest absolute Gasteiger partial charge is 0.418 e. The minimum atomic E-state index is -6.00. The van der Waals surface area contributed by atoms with Crippen LogP contribution in [0.2, 0.25) is 0 Å². The van der Waals surface area contributed by atoms with Gasteiger partial charge in [0.15, 0.2) is 0 Å². The van der Waals surface area contributed by atoms with Crippen molar-refractivity contribution in [3.05, 3.63) is 0 Å². The first-order valence-electron chi connectivity index (χ1n) is 5.66. The highest BCUT2D eigenvalue weighted by molar-refractivity contribution is 6.50. The third-order valence-corrected chi connectivity index (χ3v) is 1.38. The summed E-state index contributed by atoms with van der Waals surface area (Å²) >= 11 is 0. The number of ether oxygens (including phenoxy) is 2. The molecule has 1 heterocycles. The van der Waals surface area contributed by atoms with E-state index in [0.29, 0.717) is 6.10 Å². The first kappa shape index (κ1) is 27.1. The van der Waals surface area contributed by atoms with Crippen LogP contribution >= 0.6 is 0 Å². The molecule has 0 radical (unpaired) electrons. The lowest BCUT2D eigenvalue weighted by Gasteiger charge is -2.05. The van der Waals surface area contributed by atoms with Gasteiger partial charge < -0.3 is 61.3 Å². The highest BCUT2D eigenvalue weighted by Gasteiger charge is 2.21. The molecule has 144 valence electrons. The summed E-state index contributed by atoms with van der Waals surface area (Å²) < 4.78 is 127. The molecule has 1 aliphatic rings. The monoisotopic (exact) mass is 377 g/mol. The molecule has 23 heavy (non-hydrogen) atoms. The van der Waals surface area contributed by atoms with Crippen LogP contribution < -0.4 is 0 Å². The molecule has 17 heteroatoms. The van der Waals surface area contributed by atoms with Crippen molar-refractivity contribution in [1.29, 1.82) is 0 Å². The molecule has 2 nitrogen and oxygen atoms in total. The van der Waals surface area contributed by atoms with Crippen molar-refractivity contribution in [2.75, 3.05) is 20.3 Å². The van der Waals surface area contributed by atoms with Gasteiger partial charge in [-0.3, -0.25) is 0 Å². The summed E-state index contributed by atoms with van der Waals surface area (Å²) in [4.78, 5) is 0. The molecule has 1 unspecified atom stereocenters. The Hall–Kier alpha value is -0.725. The summed E-state index contributed by atoms with van der Waals surface area (Å²) in [5.74, 6) is 0. The second-order valence-electron chi connectivity index (χ2n) is 3.57. The zero-order valence-electron chi connectivity index (χ0n) is 11.5. The molecule has 0 saturated carbocycles. The van der Waals surface area contributed by atoms with Crippen LogP contribution in [0.15, 0.2) is 0 Å². The number of rotatable bonds is 2. The summed E-state index contributed by atoms with van der Waals surface area (Å²) in [6.45, 7) is 1.69. The maximum absolute atomic E-state index is 9.75. The highest BCUT2D eigenvalue weighted by Crippen LogP contribution is 2.11. The average molecular weight is 377 g/mol. The zero-order chi connectivity index (χ0) is 19.3. The lowest BCUT2D eigenvalue weighted by molar-refractivity contribution is 0.0380. The van der Waals surface area contributed by atoms with Gasteiger partial charge in [-0.2, -0.15) is 0 Å². The first-order chi connectivity index (χ1) is 9.93. The van der Waals surface area contributed by atoms with Crippen LogP contribution in [0.25, 0.3) is 0 Å². The van der Waals surface area contributed by atoms with Gasteiger partial charge in [0.2, 0.25) is 0 Å². The molecule has 1 saturated heterocycles. The molecular formula is C6H12B3F12O2-3. The van der Waals surface area contributed by atoms with E-state index in [2.05, 4.69) is 0 Å². The van der Waals surface area contributed by atoms with E-state index >= 15 is 0 Å². The molecule has 1 aliphatic heterocycles. The second kappa shape index (κ2) is 12.7. The Labute approximate surface area is 123 Å². The Morgan fingerprint density at radius 2 is 1.09 bits per heavy atom. The van der Waals surface area contributed by atoms with E-state index in [9.17, 15) is 51.8 Å². The molecular weight excluding hydrogens is 364 g/mol. The Kier molecular flexibility index (Phi) is 14.9. The second-order valence-corrected chi connectivity index (χ2v) is 3.57. The Morgan fingerprint density at radius 3 is 1.26 bits per heavy atom. The van der Waals surface area contributed by atoms with Gasteiger partial charge in [-0.1, -0.05) is 0 Å². The van der Waals surface area contributed by atoms with E-state index in [1.54, 1.807) is 7.11 Å². The summed E-state index contributed by atoms with van der Waals surface area (Å²) in [5.41, 5.74) is 0. The lowest BCUT2D eigenvalue weighted by atomic mass is 10.2. The quantitative estimate of drug-likeness (QED) is 0.513. The predicted molar refractivity (Wildman–Crippen MR) is 61.4 cm³/mol. The Bertz CT molecular complexity index is 214. The van der Waals surface area contributed by atoms with Crippen LogP contribution in [0.4, 0.5) is 51.8 Å². The van der Waals surface area contributed by atoms with E-state index < -0.39 is 21.8 Å². The van der Waals surface area contributed by atoms with Crippen LogP contribution in [0.5, 0.6) is 0 Å². The Morgan fingerprint density at radius 1 is 0.783 bits per heavy atom. The van der Waals surface area contributed by atoms with E-state index in [-0.39, 0.29) is 0 Å². The van der Waals surface area contributed by atoms with Crippen molar-refractivity contribution in [2.45, 2.75) is 18.9 Å². The van der Waals surface area contributed by atoms with Crippen molar-refractivity contribution < 1.29 is 61.3 Å². The van der Waals surface area contributed by atoms with E-state index in [4.69, 9.17) is 9.47 Å². The van der Waals surface area contributed by atoms with E-state index in [1.807, 2.05) is 0 Å².